The maximum absolute atomic E-state index is 5.30. The third kappa shape index (κ3) is 3.14. The van der Waals surface area contributed by atoms with Crippen molar-refractivity contribution in [1.29, 1.82) is 0 Å². The van der Waals surface area contributed by atoms with Gasteiger partial charge in [0.15, 0.2) is 0 Å². The second-order valence-electron chi connectivity index (χ2n) is 10.6. The molecule has 0 spiro atoms. The van der Waals surface area contributed by atoms with Crippen molar-refractivity contribution in [3.63, 3.8) is 0 Å². The first kappa shape index (κ1) is 22.3. The molecule has 0 fully saturated rings. The van der Waals surface area contributed by atoms with Crippen molar-refractivity contribution in [2.45, 2.75) is 0 Å². The Balaban J connectivity index is 1.34. The molecule has 9 rings (SSSR count). The van der Waals surface area contributed by atoms with Gasteiger partial charge >= 0.3 is 0 Å². The lowest BCUT2D eigenvalue weighted by Crippen LogP contribution is -1.97. The average Bonchev–Trinajstić information content (AvgIpc) is 3.38. The van der Waals surface area contributed by atoms with Crippen molar-refractivity contribution >= 4 is 65.2 Å². The average molecular weight is 522 g/mol. The molecule has 41 heavy (non-hydrogen) atoms. The standard InChI is InChI=1S/C38H23N3/c1-4-14-28-26(13-1)27(21-22-36(28)41-34-19-9-7-15-29(34)30-16-8-10-20-35(30)41)33-23-39-37-31-17-5-2-11-24(31)25-12-3-6-18-32(25)38(37)40-33/h1-23H. The summed E-state index contributed by atoms with van der Waals surface area (Å²) in [5, 5.41) is 9.53. The summed E-state index contributed by atoms with van der Waals surface area (Å²) < 4.78 is 2.39. The van der Waals surface area contributed by atoms with E-state index in [1.165, 1.54) is 38.0 Å². The normalized spacial score (nSPS) is 11.9. The number of rotatable bonds is 2. The molecule has 0 saturated carbocycles. The zero-order chi connectivity index (χ0) is 26.9. The van der Waals surface area contributed by atoms with E-state index in [0.717, 1.165) is 44.1 Å². The minimum Gasteiger partial charge on any atom is -0.309 e. The molecule has 0 aliphatic carbocycles. The van der Waals surface area contributed by atoms with Crippen molar-refractivity contribution < 1.29 is 0 Å². The van der Waals surface area contributed by atoms with Crippen LogP contribution in [0.15, 0.2) is 140 Å². The molecule has 0 radical (unpaired) electrons. The Kier molecular flexibility index (Phi) is 4.61. The van der Waals surface area contributed by atoms with E-state index < -0.39 is 0 Å². The third-order valence-corrected chi connectivity index (χ3v) is 8.43. The summed E-state index contributed by atoms with van der Waals surface area (Å²) in [4.78, 5) is 10.3. The molecule has 0 N–H and O–H groups in total. The second-order valence-corrected chi connectivity index (χ2v) is 10.6. The van der Waals surface area contributed by atoms with Gasteiger partial charge in [-0.25, -0.2) is 4.98 Å². The van der Waals surface area contributed by atoms with E-state index in [1.807, 2.05) is 6.20 Å². The smallest absolute Gasteiger partial charge is 0.0979 e. The van der Waals surface area contributed by atoms with Gasteiger partial charge in [0.05, 0.1) is 39.6 Å². The van der Waals surface area contributed by atoms with E-state index >= 15 is 0 Å². The molecule has 3 heteroatoms. The van der Waals surface area contributed by atoms with Crippen molar-refractivity contribution in [3.8, 4) is 16.9 Å². The highest BCUT2D eigenvalue weighted by atomic mass is 15.0. The highest BCUT2D eigenvalue weighted by molar-refractivity contribution is 6.23. The fraction of sp³-hybridized carbons (Fsp3) is 0. The Morgan fingerprint density at radius 3 is 1.51 bits per heavy atom. The third-order valence-electron chi connectivity index (χ3n) is 8.43. The summed E-state index contributed by atoms with van der Waals surface area (Å²) in [6.07, 6.45) is 1.94. The van der Waals surface area contributed by atoms with Crippen LogP contribution >= 0.6 is 0 Å². The summed E-state index contributed by atoms with van der Waals surface area (Å²) in [6, 6.07) is 47.4. The van der Waals surface area contributed by atoms with Gasteiger partial charge < -0.3 is 4.57 Å². The Hall–Kier alpha value is -5.54. The van der Waals surface area contributed by atoms with E-state index in [4.69, 9.17) is 9.97 Å². The van der Waals surface area contributed by atoms with Gasteiger partial charge in [-0.15, -0.1) is 0 Å². The first-order valence-corrected chi connectivity index (χ1v) is 13.9. The number of aromatic nitrogens is 3. The molecule has 0 amide bonds. The van der Waals surface area contributed by atoms with Crippen molar-refractivity contribution in [2.24, 2.45) is 0 Å². The number of hydrogen-bond acceptors (Lipinski definition) is 2. The first-order chi connectivity index (χ1) is 20.4. The quantitative estimate of drug-likeness (QED) is 0.212. The van der Waals surface area contributed by atoms with Gasteiger partial charge in [0.1, 0.15) is 0 Å². The Morgan fingerprint density at radius 2 is 0.878 bits per heavy atom. The highest BCUT2D eigenvalue weighted by Gasteiger charge is 2.17. The zero-order valence-corrected chi connectivity index (χ0v) is 22.1. The molecule has 0 unspecified atom stereocenters. The number of hydrogen-bond donors (Lipinski definition) is 0. The van der Waals surface area contributed by atoms with Crippen molar-refractivity contribution in [2.75, 3.05) is 0 Å². The van der Waals surface area contributed by atoms with Gasteiger partial charge in [-0.2, -0.15) is 0 Å². The molecule has 7 aromatic carbocycles. The molecule has 3 nitrogen and oxygen atoms in total. The lowest BCUT2D eigenvalue weighted by molar-refractivity contribution is 1.20. The Labute approximate surface area is 235 Å². The van der Waals surface area contributed by atoms with Crippen LogP contribution in [0.25, 0.3) is 82.1 Å². The van der Waals surface area contributed by atoms with E-state index in [9.17, 15) is 0 Å². The van der Waals surface area contributed by atoms with Crippen molar-refractivity contribution in [3.05, 3.63) is 140 Å². The lowest BCUT2D eigenvalue weighted by atomic mass is 9.98. The maximum atomic E-state index is 5.30. The van der Waals surface area contributed by atoms with Crippen LogP contribution in [0.4, 0.5) is 0 Å². The lowest BCUT2D eigenvalue weighted by Gasteiger charge is -2.15. The first-order valence-electron chi connectivity index (χ1n) is 13.9. The van der Waals surface area contributed by atoms with Gasteiger partial charge in [0, 0.05) is 32.5 Å². The molecule has 9 aromatic rings. The summed E-state index contributed by atoms with van der Waals surface area (Å²) in [7, 11) is 0. The summed E-state index contributed by atoms with van der Waals surface area (Å²) in [5.41, 5.74) is 7.40. The minimum atomic E-state index is 0.878. The van der Waals surface area contributed by atoms with E-state index in [-0.39, 0.29) is 0 Å². The fourth-order valence-electron chi connectivity index (χ4n) is 6.64. The molecule has 0 aliphatic heterocycles. The van der Waals surface area contributed by atoms with Crippen molar-refractivity contribution in [1.82, 2.24) is 14.5 Å². The van der Waals surface area contributed by atoms with E-state index in [1.54, 1.807) is 0 Å². The van der Waals surface area contributed by atoms with Crippen LogP contribution in [0.1, 0.15) is 0 Å². The molecule has 2 aromatic heterocycles. The van der Waals surface area contributed by atoms with E-state index in [2.05, 4.69) is 138 Å². The van der Waals surface area contributed by atoms with Gasteiger partial charge in [0.2, 0.25) is 0 Å². The number of para-hydroxylation sites is 2. The predicted molar refractivity (Wildman–Crippen MR) is 172 cm³/mol. The Bertz CT molecular complexity index is 2400. The van der Waals surface area contributed by atoms with Crippen LogP contribution < -0.4 is 0 Å². The minimum absolute atomic E-state index is 0.878. The molecule has 0 aliphatic rings. The zero-order valence-electron chi connectivity index (χ0n) is 22.1. The summed E-state index contributed by atoms with van der Waals surface area (Å²) in [6.45, 7) is 0. The van der Waals surface area contributed by atoms with Crippen LogP contribution in [-0.2, 0) is 0 Å². The van der Waals surface area contributed by atoms with Crippen LogP contribution in [0, 0.1) is 0 Å². The monoisotopic (exact) mass is 521 g/mol. The van der Waals surface area contributed by atoms with Crippen LogP contribution in [-0.4, -0.2) is 14.5 Å². The molecular weight excluding hydrogens is 498 g/mol. The maximum Gasteiger partial charge on any atom is 0.0979 e. The van der Waals surface area contributed by atoms with Gasteiger partial charge in [-0.1, -0.05) is 115 Å². The number of fused-ring (bicyclic) bond motifs is 10. The second kappa shape index (κ2) is 8.48. The highest BCUT2D eigenvalue weighted by Crippen LogP contribution is 2.39. The predicted octanol–water partition coefficient (Wildman–Crippen LogP) is 9.85. The molecule has 190 valence electrons. The topological polar surface area (TPSA) is 30.7 Å². The number of benzene rings is 7. The Morgan fingerprint density at radius 1 is 0.390 bits per heavy atom. The van der Waals surface area contributed by atoms with Crippen LogP contribution in [0.5, 0.6) is 0 Å². The van der Waals surface area contributed by atoms with Gasteiger partial charge in [-0.3, -0.25) is 4.98 Å². The summed E-state index contributed by atoms with van der Waals surface area (Å²) in [5.74, 6) is 0. The largest absolute Gasteiger partial charge is 0.309 e. The molecule has 2 heterocycles. The molecular formula is C38H23N3. The van der Waals surface area contributed by atoms with E-state index in [0.29, 0.717) is 0 Å². The van der Waals surface area contributed by atoms with Crippen LogP contribution in [0.3, 0.4) is 0 Å². The van der Waals surface area contributed by atoms with Gasteiger partial charge in [0.25, 0.3) is 0 Å². The summed E-state index contributed by atoms with van der Waals surface area (Å²) >= 11 is 0. The fourth-order valence-corrected chi connectivity index (χ4v) is 6.64. The SMILES string of the molecule is c1ccc2c(-n3c4ccccc4c4ccccc43)ccc(-c3cnc4c5ccccc5c5ccccc5c4n3)c2c1. The number of nitrogens with zero attached hydrogens (tertiary/aromatic N) is 3. The molecule has 0 saturated heterocycles. The van der Waals surface area contributed by atoms with Crippen LogP contribution in [0.2, 0.25) is 0 Å². The molecule has 0 atom stereocenters. The molecule has 0 bridgehead atoms. The van der Waals surface area contributed by atoms with Gasteiger partial charge in [-0.05, 0) is 34.4 Å².